The molecule has 0 aliphatic heterocycles. The lowest BCUT2D eigenvalue weighted by Gasteiger charge is -2.08. The summed E-state index contributed by atoms with van der Waals surface area (Å²) >= 11 is 6.20. The number of hydrogen-bond donors (Lipinski definition) is 1. The first kappa shape index (κ1) is 13.5. The van der Waals surface area contributed by atoms with E-state index in [0.29, 0.717) is 23.1 Å². The molecule has 2 aromatic heterocycles. The van der Waals surface area contributed by atoms with Crippen LogP contribution in [0.4, 0.5) is 0 Å². The van der Waals surface area contributed by atoms with Gasteiger partial charge in [0.05, 0.1) is 5.02 Å². The van der Waals surface area contributed by atoms with E-state index in [4.69, 9.17) is 17.3 Å². The van der Waals surface area contributed by atoms with Crippen LogP contribution in [0.5, 0.6) is 0 Å². The molecule has 6 nitrogen and oxygen atoms in total. The van der Waals surface area contributed by atoms with Gasteiger partial charge in [0, 0.05) is 33.0 Å². The molecule has 0 fully saturated rings. The van der Waals surface area contributed by atoms with Crippen LogP contribution in [0.3, 0.4) is 0 Å². The Kier molecular flexibility index (Phi) is 3.82. The van der Waals surface area contributed by atoms with Crippen LogP contribution in [0.2, 0.25) is 5.02 Å². The fourth-order valence-electron chi connectivity index (χ4n) is 1.57. The molecular formula is C12H14ClN5O. The third-order valence-corrected chi connectivity index (χ3v) is 3.01. The Hall–Kier alpha value is -1.92. The van der Waals surface area contributed by atoms with Crippen LogP contribution in [0.1, 0.15) is 16.1 Å². The monoisotopic (exact) mass is 279 g/mol. The Balaban J connectivity index is 2.41. The quantitative estimate of drug-likeness (QED) is 0.912. The van der Waals surface area contributed by atoms with E-state index in [9.17, 15) is 4.79 Å². The highest BCUT2D eigenvalue weighted by Gasteiger charge is 2.14. The lowest BCUT2D eigenvalue weighted by molar-refractivity contribution is 0.0821. The largest absolute Gasteiger partial charge is 0.343 e. The summed E-state index contributed by atoms with van der Waals surface area (Å²) < 4.78 is 1.47. The maximum atomic E-state index is 11.8. The number of carbonyl (C=O) groups excluding carboxylic acids is 1. The van der Waals surface area contributed by atoms with Crippen molar-refractivity contribution in [2.24, 2.45) is 5.73 Å². The summed E-state index contributed by atoms with van der Waals surface area (Å²) in [6.07, 6.45) is 3.25. The molecule has 0 saturated heterocycles. The van der Waals surface area contributed by atoms with Gasteiger partial charge in [-0.15, -0.1) is 0 Å². The zero-order valence-corrected chi connectivity index (χ0v) is 11.4. The van der Waals surface area contributed by atoms with E-state index in [-0.39, 0.29) is 5.91 Å². The molecule has 1 amide bonds. The molecule has 0 unspecified atom stereocenters. The van der Waals surface area contributed by atoms with Gasteiger partial charge in [0.1, 0.15) is 0 Å². The molecule has 0 aliphatic rings. The molecule has 0 aliphatic carbocycles. The summed E-state index contributed by atoms with van der Waals surface area (Å²) in [5.41, 5.74) is 6.70. The molecule has 7 heteroatoms. The van der Waals surface area contributed by atoms with Gasteiger partial charge < -0.3 is 10.6 Å². The van der Waals surface area contributed by atoms with E-state index in [1.165, 1.54) is 9.58 Å². The highest BCUT2D eigenvalue weighted by atomic mass is 35.5. The third-order valence-electron chi connectivity index (χ3n) is 2.60. The predicted molar refractivity (Wildman–Crippen MR) is 72.3 cm³/mol. The van der Waals surface area contributed by atoms with Crippen LogP contribution >= 0.6 is 11.6 Å². The van der Waals surface area contributed by atoms with Crippen LogP contribution < -0.4 is 5.73 Å². The fraction of sp³-hybridized carbons (Fsp3) is 0.250. The standard InChI is InChI=1S/C12H14ClN5O/c1-17(2)12(19)9-4-6-18(16-9)11-10(13)8(7-14)3-5-15-11/h3-6H,7,14H2,1-2H3. The van der Waals surface area contributed by atoms with E-state index in [1.807, 2.05) is 0 Å². The van der Waals surface area contributed by atoms with Gasteiger partial charge in [0.2, 0.25) is 0 Å². The molecule has 0 bridgehead atoms. The Morgan fingerprint density at radius 2 is 2.21 bits per heavy atom. The molecule has 19 heavy (non-hydrogen) atoms. The second-order valence-corrected chi connectivity index (χ2v) is 4.53. The van der Waals surface area contributed by atoms with Crippen LogP contribution in [0.15, 0.2) is 24.5 Å². The first-order chi connectivity index (χ1) is 9.04. The van der Waals surface area contributed by atoms with E-state index in [2.05, 4.69) is 10.1 Å². The predicted octanol–water partition coefficient (Wildman–Crippen LogP) is 1.08. The average Bonchev–Trinajstić information content (AvgIpc) is 2.87. The minimum Gasteiger partial charge on any atom is -0.343 e. The molecule has 0 radical (unpaired) electrons. The zero-order chi connectivity index (χ0) is 14.0. The molecule has 0 atom stereocenters. The average molecular weight is 280 g/mol. The van der Waals surface area contributed by atoms with Gasteiger partial charge in [-0.2, -0.15) is 5.10 Å². The minimum atomic E-state index is -0.176. The van der Waals surface area contributed by atoms with Gasteiger partial charge >= 0.3 is 0 Å². The Bertz CT molecular complexity index is 608. The van der Waals surface area contributed by atoms with Crippen molar-refractivity contribution in [1.82, 2.24) is 19.7 Å². The van der Waals surface area contributed by atoms with Gasteiger partial charge in [0.15, 0.2) is 11.5 Å². The van der Waals surface area contributed by atoms with Crippen molar-refractivity contribution in [2.45, 2.75) is 6.54 Å². The van der Waals surface area contributed by atoms with Crippen molar-refractivity contribution in [3.05, 3.63) is 40.8 Å². The van der Waals surface area contributed by atoms with Gasteiger partial charge in [-0.3, -0.25) is 4.79 Å². The van der Waals surface area contributed by atoms with Crippen LogP contribution in [0, 0.1) is 0 Å². The van der Waals surface area contributed by atoms with Crippen molar-refractivity contribution in [1.29, 1.82) is 0 Å². The van der Waals surface area contributed by atoms with Gasteiger partial charge in [-0.05, 0) is 17.7 Å². The van der Waals surface area contributed by atoms with Gasteiger partial charge in [-0.25, -0.2) is 9.67 Å². The number of hydrogen-bond acceptors (Lipinski definition) is 4. The maximum Gasteiger partial charge on any atom is 0.273 e. The van der Waals surface area contributed by atoms with Gasteiger partial charge in [-0.1, -0.05) is 11.6 Å². The summed E-state index contributed by atoms with van der Waals surface area (Å²) in [7, 11) is 3.34. The number of nitrogens with two attached hydrogens (primary N) is 1. The summed E-state index contributed by atoms with van der Waals surface area (Å²) in [5, 5.41) is 4.62. The smallest absolute Gasteiger partial charge is 0.273 e. The van der Waals surface area contributed by atoms with Crippen LogP contribution in [-0.2, 0) is 6.54 Å². The third kappa shape index (κ3) is 2.59. The number of amides is 1. The Morgan fingerprint density at radius 3 is 2.84 bits per heavy atom. The number of carbonyl (C=O) groups is 1. The number of aromatic nitrogens is 3. The molecule has 2 aromatic rings. The van der Waals surface area contributed by atoms with Crippen molar-refractivity contribution >= 4 is 17.5 Å². The lowest BCUT2D eigenvalue weighted by Crippen LogP contribution is -2.22. The molecule has 0 aromatic carbocycles. The first-order valence-corrected chi connectivity index (χ1v) is 6.03. The zero-order valence-electron chi connectivity index (χ0n) is 10.7. The van der Waals surface area contributed by atoms with Crippen molar-refractivity contribution in [3.8, 4) is 5.82 Å². The highest BCUT2D eigenvalue weighted by molar-refractivity contribution is 6.32. The molecule has 2 heterocycles. The molecule has 100 valence electrons. The summed E-state index contributed by atoms with van der Waals surface area (Å²) in [5.74, 6) is 0.285. The molecule has 2 N–H and O–H groups in total. The van der Waals surface area contributed by atoms with Crippen molar-refractivity contribution < 1.29 is 4.79 Å². The number of pyridine rings is 1. The molecular weight excluding hydrogens is 266 g/mol. The molecule has 0 spiro atoms. The van der Waals surface area contributed by atoms with Crippen LogP contribution in [0.25, 0.3) is 5.82 Å². The highest BCUT2D eigenvalue weighted by Crippen LogP contribution is 2.21. The van der Waals surface area contributed by atoms with Crippen LogP contribution in [-0.4, -0.2) is 39.7 Å². The summed E-state index contributed by atoms with van der Waals surface area (Å²) in [6.45, 7) is 0.319. The Labute approximate surface area is 115 Å². The number of rotatable bonds is 3. The van der Waals surface area contributed by atoms with Crippen molar-refractivity contribution in [2.75, 3.05) is 14.1 Å². The maximum absolute atomic E-state index is 11.8. The van der Waals surface area contributed by atoms with E-state index < -0.39 is 0 Å². The second-order valence-electron chi connectivity index (χ2n) is 4.16. The normalized spacial score (nSPS) is 10.5. The molecule has 2 rings (SSSR count). The van der Waals surface area contributed by atoms with E-state index in [1.54, 1.807) is 38.6 Å². The second kappa shape index (κ2) is 5.38. The summed E-state index contributed by atoms with van der Waals surface area (Å²) in [6, 6.07) is 3.37. The minimum absolute atomic E-state index is 0.176. The summed E-state index contributed by atoms with van der Waals surface area (Å²) in [4.78, 5) is 17.4. The number of halogens is 1. The molecule has 0 saturated carbocycles. The topological polar surface area (TPSA) is 77.0 Å². The Morgan fingerprint density at radius 1 is 1.47 bits per heavy atom. The van der Waals surface area contributed by atoms with Crippen molar-refractivity contribution in [3.63, 3.8) is 0 Å². The first-order valence-electron chi connectivity index (χ1n) is 5.65. The lowest BCUT2D eigenvalue weighted by atomic mass is 10.2. The van der Waals surface area contributed by atoms with Gasteiger partial charge in [0.25, 0.3) is 5.91 Å². The van der Waals surface area contributed by atoms with E-state index >= 15 is 0 Å². The fourth-order valence-corrected chi connectivity index (χ4v) is 1.85. The SMILES string of the molecule is CN(C)C(=O)c1ccn(-c2nccc(CN)c2Cl)n1. The number of nitrogens with zero attached hydrogens (tertiary/aromatic N) is 4. The van der Waals surface area contributed by atoms with E-state index in [0.717, 1.165) is 5.56 Å².